The third kappa shape index (κ3) is 4.78. The quantitative estimate of drug-likeness (QED) is 0.842. The highest BCUT2D eigenvalue weighted by Gasteiger charge is 2.13. The first-order valence-corrected chi connectivity index (χ1v) is 7.79. The van der Waals surface area contributed by atoms with Gasteiger partial charge in [-0.3, -0.25) is 0 Å². The summed E-state index contributed by atoms with van der Waals surface area (Å²) in [7, 11) is 0. The van der Waals surface area contributed by atoms with E-state index in [0.717, 1.165) is 17.0 Å². The van der Waals surface area contributed by atoms with Crippen molar-refractivity contribution in [1.82, 2.24) is 0 Å². The van der Waals surface area contributed by atoms with E-state index in [1.165, 1.54) is 0 Å². The van der Waals surface area contributed by atoms with Gasteiger partial charge < -0.3 is 14.7 Å². The van der Waals surface area contributed by atoms with Gasteiger partial charge in [0, 0.05) is 24.3 Å². The van der Waals surface area contributed by atoms with E-state index in [1.807, 2.05) is 57.2 Å². The van der Waals surface area contributed by atoms with Crippen LogP contribution in [0.1, 0.15) is 26.3 Å². The molecule has 0 aliphatic heterocycles. The minimum atomic E-state index is -0.390. The number of ether oxygens (including phenoxy) is 1. The molecule has 0 aliphatic carbocycles. The summed E-state index contributed by atoms with van der Waals surface area (Å²) < 4.78 is 5.90. The molecule has 0 aromatic heterocycles. The third-order valence-corrected chi connectivity index (χ3v) is 3.30. The maximum absolute atomic E-state index is 9.80. The molecule has 0 aliphatic rings. The Morgan fingerprint density at radius 1 is 0.955 bits per heavy atom. The Morgan fingerprint density at radius 3 is 2.23 bits per heavy atom. The fourth-order valence-electron chi connectivity index (χ4n) is 2.43. The minimum Gasteiger partial charge on any atom is -0.491 e. The number of benzene rings is 2. The molecule has 22 heavy (non-hydrogen) atoms. The molecular weight excluding hydrogens is 274 g/mol. The second-order valence-corrected chi connectivity index (χ2v) is 5.84. The molecule has 1 N–H and O–H groups in total. The molecule has 2 rings (SSSR count). The molecule has 2 aromatic rings. The number of rotatable bonds is 7. The number of aliphatic hydroxyl groups is 1. The minimum absolute atomic E-state index is 0.142. The highest BCUT2D eigenvalue weighted by molar-refractivity contribution is 5.48. The van der Waals surface area contributed by atoms with Gasteiger partial charge in [0.2, 0.25) is 0 Å². The van der Waals surface area contributed by atoms with E-state index in [0.29, 0.717) is 13.1 Å². The number of anilines is 1. The van der Waals surface area contributed by atoms with E-state index < -0.39 is 6.10 Å². The van der Waals surface area contributed by atoms with Crippen molar-refractivity contribution in [2.75, 3.05) is 11.4 Å². The number of hydrogen-bond donors (Lipinski definition) is 1. The molecule has 0 fully saturated rings. The van der Waals surface area contributed by atoms with Gasteiger partial charge in [0.05, 0.1) is 12.2 Å². The molecule has 0 amide bonds. The van der Waals surface area contributed by atoms with Crippen molar-refractivity contribution in [3.63, 3.8) is 0 Å². The first-order valence-electron chi connectivity index (χ1n) is 7.79. The molecule has 0 radical (unpaired) electrons. The van der Waals surface area contributed by atoms with E-state index in [4.69, 9.17) is 4.74 Å². The first kappa shape index (κ1) is 16.4. The summed E-state index contributed by atoms with van der Waals surface area (Å²) in [6, 6.07) is 18.2. The van der Waals surface area contributed by atoms with Crippen LogP contribution in [0.25, 0.3) is 0 Å². The van der Waals surface area contributed by atoms with Gasteiger partial charge in [-0.1, -0.05) is 36.4 Å². The van der Waals surface area contributed by atoms with Gasteiger partial charge in [0.1, 0.15) is 5.75 Å². The Hall–Kier alpha value is -2.00. The van der Waals surface area contributed by atoms with Gasteiger partial charge in [-0.15, -0.1) is 0 Å². The number of hydrogen-bond acceptors (Lipinski definition) is 3. The average molecular weight is 299 g/mol. The van der Waals surface area contributed by atoms with Crippen LogP contribution in [0.5, 0.6) is 5.75 Å². The van der Waals surface area contributed by atoms with E-state index >= 15 is 0 Å². The molecule has 1 unspecified atom stereocenters. The lowest BCUT2D eigenvalue weighted by Gasteiger charge is -2.27. The molecule has 1 atom stereocenters. The van der Waals surface area contributed by atoms with Crippen LogP contribution in [-0.2, 0) is 6.54 Å². The molecule has 0 saturated carbocycles. The van der Waals surface area contributed by atoms with E-state index in [2.05, 4.69) is 23.1 Å². The van der Waals surface area contributed by atoms with Crippen molar-refractivity contribution in [3.05, 3.63) is 60.2 Å². The lowest BCUT2D eigenvalue weighted by atomic mass is 10.1. The predicted molar refractivity (Wildman–Crippen MR) is 91.4 cm³/mol. The third-order valence-electron chi connectivity index (χ3n) is 3.30. The van der Waals surface area contributed by atoms with Crippen molar-refractivity contribution in [2.24, 2.45) is 0 Å². The molecule has 0 saturated heterocycles. The van der Waals surface area contributed by atoms with Crippen LogP contribution < -0.4 is 9.64 Å². The van der Waals surface area contributed by atoms with Crippen molar-refractivity contribution >= 4 is 5.69 Å². The highest BCUT2D eigenvalue weighted by Crippen LogP contribution is 2.24. The molecule has 0 bridgehead atoms. The van der Waals surface area contributed by atoms with Gasteiger partial charge in [-0.25, -0.2) is 0 Å². The van der Waals surface area contributed by atoms with E-state index in [-0.39, 0.29) is 6.10 Å². The Balaban J connectivity index is 2.24. The summed E-state index contributed by atoms with van der Waals surface area (Å²) in [6.07, 6.45) is -0.249. The van der Waals surface area contributed by atoms with Crippen LogP contribution in [0, 0.1) is 0 Å². The molecule has 0 heterocycles. The van der Waals surface area contributed by atoms with Crippen molar-refractivity contribution < 1.29 is 9.84 Å². The Bertz CT molecular complexity index is 567. The molecule has 0 spiro atoms. The number of nitrogens with zero attached hydrogens (tertiary/aromatic N) is 1. The fourth-order valence-corrected chi connectivity index (χ4v) is 2.43. The van der Waals surface area contributed by atoms with Crippen LogP contribution in [0.3, 0.4) is 0 Å². The number of para-hydroxylation sites is 2. The lowest BCUT2D eigenvalue weighted by molar-refractivity contribution is 0.199. The molecular formula is C19H25NO2. The Kier molecular flexibility index (Phi) is 5.84. The van der Waals surface area contributed by atoms with E-state index in [9.17, 15) is 5.11 Å². The summed E-state index contributed by atoms with van der Waals surface area (Å²) in [4.78, 5) is 2.17. The molecule has 2 aromatic carbocycles. The first-order chi connectivity index (χ1) is 10.6. The normalized spacial score (nSPS) is 12.2. The second-order valence-electron chi connectivity index (χ2n) is 5.84. The SMILES string of the molecule is CC(O)CN(Cc1ccccc1OC(C)C)c1ccccc1. The second kappa shape index (κ2) is 7.85. The smallest absolute Gasteiger partial charge is 0.124 e. The number of aliphatic hydroxyl groups excluding tert-OH is 1. The maximum Gasteiger partial charge on any atom is 0.124 e. The summed E-state index contributed by atoms with van der Waals surface area (Å²) in [5.74, 6) is 0.907. The van der Waals surface area contributed by atoms with Crippen LogP contribution >= 0.6 is 0 Å². The Morgan fingerprint density at radius 2 is 1.59 bits per heavy atom. The largest absolute Gasteiger partial charge is 0.491 e. The topological polar surface area (TPSA) is 32.7 Å². The van der Waals surface area contributed by atoms with Crippen molar-refractivity contribution in [1.29, 1.82) is 0 Å². The monoisotopic (exact) mass is 299 g/mol. The van der Waals surface area contributed by atoms with Crippen LogP contribution in [0.2, 0.25) is 0 Å². The molecule has 118 valence electrons. The standard InChI is InChI=1S/C19H25NO2/c1-15(2)22-19-12-8-7-9-17(19)14-20(13-16(3)21)18-10-5-4-6-11-18/h4-12,15-16,21H,13-14H2,1-3H3. The zero-order chi connectivity index (χ0) is 15.9. The maximum atomic E-state index is 9.80. The van der Waals surface area contributed by atoms with Crippen molar-refractivity contribution in [2.45, 2.75) is 39.5 Å². The molecule has 3 nitrogen and oxygen atoms in total. The zero-order valence-corrected chi connectivity index (χ0v) is 13.6. The molecule has 3 heteroatoms. The fraction of sp³-hybridized carbons (Fsp3) is 0.368. The van der Waals surface area contributed by atoms with Crippen LogP contribution in [0.4, 0.5) is 5.69 Å². The van der Waals surface area contributed by atoms with Crippen molar-refractivity contribution in [3.8, 4) is 5.75 Å². The predicted octanol–water partition coefficient (Wildman–Crippen LogP) is 3.86. The summed E-state index contributed by atoms with van der Waals surface area (Å²) in [6.45, 7) is 7.16. The average Bonchev–Trinajstić information content (AvgIpc) is 2.48. The van der Waals surface area contributed by atoms with Gasteiger partial charge in [0.15, 0.2) is 0 Å². The Labute approximate surface area is 133 Å². The summed E-state index contributed by atoms with van der Waals surface area (Å²) in [5, 5.41) is 9.80. The van der Waals surface area contributed by atoms with Gasteiger partial charge in [-0.05, 0) is 39.0 Å². The van der Waals surface area contributed by atoms with Gasteiger partial charge in [0.25, 0.3) is 0 Å². The van der Waals surface area contributed by atoms with Gasteiger partial charge >= 0.3 is 0 Å². The van der Waals surface area contributed by atoms with Gasteiger partial charge in [-0.2, -0.15) is 0 Å². The van der Waals surface area contributed by atoms with E-state index in [1.54, 1.807) is 0 Å². The van der Waals surface area contributed by atoms with Crippen LogP contribution in [-0.4, -0.2) is 23.9 Å². The lowest BCUT2D eigenvalue weighted by Crippen LogP contribution is -2.30. The summed E-state index contributed by atoms with van der Waals surface area (Å²) >= 11 is 0. The highest BCUT2D eigenvalue weighted by atomic mass is 16.5. The van der Waals surface area contributed by atoms with Crippen LogP contribution in [0.15, 0.2) is 54.6 Å². The summed E-state index contributed by atoms with van der Waals surface area (Å²) in [5.41, 5.74) is 2.23. The zero-order valence-electron chi connectivity index (χ0n) is 13.6.